The van der Waals surface area contributed by atoms with E-state index < -0.39 is 5.41 Å². The lowest BCUT2D eigenvalue weighted by Crippen LogP contribution is -2.66. The van der Waals surface area contributed by atoms with Crippen LogP contribution in [0.3, 0.4) is 0 Å². The van der Waals surface area contributed by atoms with Crippen LogP contribution in [0.1, 0.15) is 92.9 Å². The maximum Gasteiger partial charge on any atom is 0.316 e. The zero-order valence-corrected chi connectivity index (χ0v) is 25.9. The van der Waals surface area contributed by atoms with Gasteiger partial charge in [-0.25, -0.2) is 4.85 Å². The van der Waals surface area contributed by atoms with Crippen LogP contribution in [0.25, 0.3) is 4.85 Å². The lowest BCUT2D eigenvalue weighted by molar-refractivity contribution is -0.222. The van der Waals surface area contributed by atoms with Crippen molar-refractivity contribution in [2.45, 2.75) is 92.9 Å². The maximum absolute atomic E-state index is 13.3. The third-order valence-electron chi connectivity index (χ3n) is 13.3. The third kappa shape index (κ3) is 3.57. The summed E-state index contributed by atoms with van der Waals surface area (Å²) in [5.41, 5.74) is 1.33. The molecule has 38 heavy (non-hydrogen) atoms. The van der Waals surface area contributed by atoms with Gasteiger partial charge in [-0.15, -0.1) is 0 Å². The van der Waals surface area contributed by atoms with Crippen LogP contribution in [-0.4, -0.2) is 23.7 Å². The Bertz CT molecular complexity index is 1130. The zero-order valence-electron chi connectivity index (χ0n) is 24.3. The van der Waals surface area contributed by atoms with Crippen LogP contribution in [0.15, 0.2) is 23.9 Å². The Labute approximate surface area is 238 Å². The highest BCUT2D eigenvalue weighted by molar-refractivity contribution is 9.09. The van der Waals surface area contributed by atoms with Gasteiger partial charge < -0.3 is 9.53 Å². The molecular weight excluding hydrogens is 538 g/mol. The number of ether oxygens (including phenoxy) is 1. The molecule has 5 aliphatic carbocycles. The van der Waals surface area contributed by atoms with E-state index in [4.69, 9.17) is 11.3 Å². The van der Waals surface area contributed by atoms with Gasteiger partial charge in [-0.3, -0.25) is 4.79 Å². The van der Waals surface area contributed by atoms with E-state index >= 15 is 0 Å². The standard InChI is InChI=1S/C33H46BrNO3/c1-20(2)21-11-14-33(19-38-26(36)18-34)16-15-31(6)22(27(21)33)9-10-25-30(5)17-23(35-8)28(37)29(3,4)24(30)12-13-32(25,31)7/h17,21-22,24-25,27H,1,9-16,18-19H2,2-7H3/t21-,22+,24-,25+,27+,30-,31+,32+,33+/m0/s1. The Morgan fingerprint density at radius 3 is 2.39 bits per heavy atom. The fourth-order valence-electron chi connectivity index (χ4n) is 11.4. The second-order valence-corrected chi connectivity index (χ2v) is 15.5. The number of rotatable bonds is 4. The molecule has 0 spiro atoms. The van der Waals surface area contributed by atoms with Crippen molar-refractivity contribution in [1.82, 2.24) is 0 Å². The molecule has 0 heterocycles. The average Bonchev–Trinajstić information content (AvgIpc) is 3.25. The molecule has 4 fully saturated rings. The summed E-state index contributed by atoms with van der Waals surface area (Å²) >= 11 is 3.28. The van der Waals surface area contributed by atoms with Crippen molar-refractivity contribution in [3.63, 3.8) is 0 Å². The molecule has 4 nitrogen and oxygen atoms in total. The first-order valence-electron chi connectivity index (χ1n) is 14.7. The minimum absolute atomic E-state index is 0.0363. The van der Waals surface area contributed by atoms with Crippen LogP contribution in [0.2, 0.25) is 0 Å². The first-order valence-corrected chi connectivity index (χ1v) is 15.9. The normalized spacial score (nSPS) is 46.9. The SMILES string of the molecule is [C-]#[N+]C1=C[C@]2(C)[C@H]3CC[C@@H]4[C@H]5[C@H](C(=C)C)CC[C@]5(COC(=O)CBr)CC[C@@]4(C)[C@]3(C)CC[C@H]2C(C)(C)C1=O. The Hall–Kier alpha value is -1.41. The lowest BCUT2D eigenvalue weighted by Gasteiger charge is -2.71. The molecule has 0 radical (unpaired) electrons. The minimum Gasteiger partial charge on any atom is -0.464 e. The Balaban J connectivity index is 1.56. The highest BCUT2D eigenvalue weighted by Gasteiger charge is 2.70. The van der Waals surface area contributed by atoms with Crippen molar-refractivity contribution >= 4 is 27.7 Å². The average molecular weight is 585 g/mol. The monoisotopic (exact) mass is 583 g/mol. The molecule has 0 aromatic rings. The maximum atomic E-state index is 13.3. The molecule has 5 rings (SSSR count). The van der Waals surface area contributed by atoms with Gasteiger partial charge in [0, 0.05) is 10.8 Å². The van der Waals surface area contributed by atoms with Crippen molar-refractivity contribution in [3.05, 3.63) is 35.3 Å². The van der Waals surface area contributed by atoms with Crippen LogP contribution in [0, 0.1) is 63.2 Å². The summed E-state index contributed by atoms with van der Waals surface area (Å²) in [6.45, 7) is 26.7. The number of Topliss-reactive ketones (excluding diaryl/α,β-unsaturated/α-hetero) is 1. The van der Waals surface area contributed by atoms with Crippen LogP contribution < -0.4 is 0 Å². The van der Waals surface area contributed by atoms with E-state index in [2.05, 4.69) is 75.0 Å². The smallest absolute Gasteiger partial charge is 0.316 e. The van der Waals surface area contributed by atoms with E-state index in [0.717, 1.165) is 51.4 Å². The number of allylic oxidation sites excluding steroid dienone is 3. The second kappa shape index (κ2) is 9.05. The van der Waals surface area contributed by atoms with Crippen LogP contribution >= 0.6 is 15.9 Å². The number of ketones is 1. The fraction of sp³-hybridized carbons (Fsp3) is 0.788. The van der Waals surface area contributed by atoms with Gasteiger partial charge in [0.1, 0.15) is 5.33 Å². The van der Waals surface area contributed by atoms with Gasteiger partial charge in [-0.1, -0.05) is 68.8 Å². The summed E-state index contributed by atoms with van der Waals surface area (Å²) in [5.74, 6) is 2.12. The second-order valence-electron chi connectivity index (χ2n) is 14.9. The molecule has 0 unspecified atom stereocenters. The summed E-state index contributed by atoms with van der Waals surface area (Å²) in [6, 6.07) is 0. The molecule has 0 N–H and O–H groups in total. The van der Waals surface area contributed by atoms with Gasteiger partial charge in [0.05, 0.1) is 13.2 Å². The molecule has 0 amide bonds. The summed E-state index contributed by atoms with van der Waals surface area (Å²) in [4.78, 5) is 29.2. The number of fused-ring (bicyclic) bond motifs is 7. The molecule has 0 aliphatic heterocycles. The number of hydrogen-bond donors (Lipinski definition) is 0. The number of alkyl halides is 1. The Morgan fingerprint density at radius 1 is 1.05 bits per heavy atom. The van der Waals surface area contributed by atoms with Gasteiger partial charge in [0.15, 0.2) is 5.78 Å². The van der Waals surface area contributed by atoms with Crippen molar-refractivity contribution in [3.8, 4) is 0 Å². The van der Waals surface area contributed by atoms with Crippen molar-refractivity contribution in [2.75, 3.05) is 11.9 Å². The molecule has 5 aliphatic rings. The summed E-state index contributed by atoms with van der Waals surface area (Å²) < 4.78 is 5.87. The molecular formula is C33H46BrNO3. The number of carbonyl (C=O) groups excluding carboxylic acids is 2. The van der Waals surface area contributed by atoms with Crippen molar-refractivity contribution in [2.24, 2.45) is 56.7 Å². The highest BCUT2D eigenvalue weighted by Crippen LogP contribution is 2.77. The van der Waals surface area contributed by atoms with E-state index in [1.165, 1.54) is 5.57 Å². The number of carbonyl (C=O) groups is 2. The predicted octanol–water partition coefficient (Wildman–Crippen LogP) is 8.17. The lowest BCUT2D eigenvalue weighted by atomic mass is 9.33. The molecule has 0 aromatic heterocycles. The first kappa shape index (κ1) is 28.1. The Morgan fingerprint density at radius 2 is 1.76 bits per heavy atom. The molecule has 0 saturated heterocycles. The van der Waals surface area contributed by atoms with Crippen LogP contribution in [0.5, 0.6) is 0 Å². The van der Waals surface area contributed by atoms with Crippen molar-refractivity contribution < 1.29 is 14.3 Å². The molecule has 208 valence electrons. The summed E-state index contributed by atoms with van der Waals surface area (Å²) in [6.07, 6.45) is 11.1. The highest BCUT2D eigenvalue weighted by atomic mass is 79.9. The number of halogens is 1. The zero-order chi connectivity index (χ0) is 27.9. The fourth-order valence-corrected chi connectivity index (χ4v) is 11.5. The minimum atomic E-state index is -0.500. The van der Waals surface area contributed by atoms with E-state index in [9.17, 15) is 9.59 Å². The van der Waals surface area contributed by atoms with Gasteiger partial charge in [-0.05, 0) is 104 Å². The van der Waals surface area contributed by atoms with Crippen LogP contribution in [0.4, 0.5) is 0 Å². The summed E-state index contributed by atoms with van der Waals surface area (Å²) in [5, 5.41) is 0.247. The van der Waals surface area contributed by atoms with E-state index in [1.807, 2.05) is 0 Å². The van der Waals surface area contributed by atoms with Crippen molar-refractivity contribution in [1.29, 1.82) is 0 Å². The Kier molecular flexibility index (Phi) is 6.70. The van der Waals surface area contributed by atoms with E-state index in [0.29, 0.717) is 36.0 Å². The van der Waals surface area contributed by atoms with Gasteiger partial charge in [-0.2, -0.15) is 0 Å². The van der Waals surface area contributed by atoms with Gasteiger partial charge in [0.2, 0.25) is 5.70 Å². The van der Waals surface area contributed by atoms with E-state index in [-0.39, 0.29) is 44.7 Å². The third-order valence-corrected chi connectivity index (χ3v) is 13.8. The molecule has 0 bridgehead atoms. The topological polar surface area (TPSA) is 47.7 Å². The molecule has 9 atom stereocenters. The first-order chi connectivity index (χ1) is 17.7. The quantitative estimate of drug-likeness (QED) is 0.145. The largest absolute Gasteiger partial charge is 0.464 e. The number of hydrogen-bond acceptors (Lipinski definition) is 3. The van der Waals surface area contributed by atoms with Crippen LogP contribution in [-0.2, 0) is 14.3 Å². The van der Waals surface area contributed by atoms with Gasteiger partial charge >= 0.3 is 5.97 Å². The molecule has 0 aromatic carbocycles. The summed E-state index contributed by atoms with van der Waals surface area (Å²) in [7, 11) is 0. The molecule has 4 saturated carbocycles. The molecule has 5 heteroatoms. The van der Waals surface area contributed by atoms with E-state index in [1.54, 1.807) is 0 Å². The predicted molar refractivity (Wildman–Crippen MR) is 154 cm³/mol. The van der Waals surface area contributed by atoms with Gasteiger partial charge in [0.25, 0.3) is 0 Å². The number of esters is 1. The number of nitrogens with zero attached hydrogens (tertiary/aromatic N) is 1.